The van der Waals surface area contributed by atoms with Crippen LogP contribution in [0.1, 0.15) is 5.56 Å². The topological polar surface area (TPSA) is 73.6 Å². The maximum atomic E-state index is 8.95. The summed E-state index contributed by atoms with van der Waals surface area (Å²) in [6.45, 7) is 0. The Morgan fingerprint density at radius 1 is 0.917 bits per heavy atom. The lowest BCUT2D eigenvalue weighted by molar-refractivity contribution is 1.17. The monoisotopic (exact) mass is 355 g/mol. The van der Waals surface area contributed by atoms with Gasteiger partial charge in [-0.15, -0.1) is 0 Å². The quantitative estimate of drug-likeness (QED) is 0.677. The summed E-state index contributed by atoms with van der Waals surface area (Å²) in [5.74, 6) is 1.17. The number of nitriles is 1. The number of hydrogen-bond donors (Lipinski definition) is 2. The summed E-state index contributed by atoms with van der Waals surface area (Å²) in [7, 11) is 0. The van der Waals surface area contributed by atoms with Gasteiger partial charge in [-0.25, -0.2) is 9.97 Å². The van der Waals surface area contributed by atoms with Crippen molar-refractivity contribution in [1.82, 2.24) is 9.97 Å². The van der Waals surface area contributed by atoms with E-state index in [0.29, 0.717) is 32.9 Å². The van der Waals surface area contributed by atoms with Crippen molar-refractivity contribution in [3.05, 3.63) is 70.5 Å². The van der Waals surface area contributed by atoms with Crippen LogP contribution in [0.2, 0.25) is 10.0 Å². The lowest BCUT2D eigenvalue weighted by Gasteiger charge is -2.10. The summed E-state index contributed by atoms with van der Waals surface area (Å²) < 4.78 is 0. The number of benzene rings is 2. The maximum absolute atomic E-state index is 8.95. The third-order valence-corrected chi connectivity index (χ3v) is 3.67. The second-order valence-electron chi connectivity index (χ2n) is 4.86. The van der Waals surface area contributed by atoms with Gasteiger partial charge in [0.1, 0.15) is 18.0 Å². The molecule has 118 valence electrons. The van der Waals surface area contributed by atoms with E-state index in [9.17, 15) is 0 Å². The molecule has 0 aliphatic carbocycles. The molecular weight excluding hydrogens is 345 g/mol. The van der Waals surface area contributed by atoms with Crippen molar-refractivity contribution < 1.29 is 0 Å². The van der Waals surface area contributed by atoms with Gasteiger partial charge in [-0.3, -0.25) is 0 Å². The molecule has 3 rings (SSSR count). The molecule has 2 N–H and O–H groups in total. The number of anilines is 4. The van der Waals surface area contributed by atoms with Crippen molar-refractivity contribution in [2.75, 3.05) is 10.6 Å². The van der Waals surface area contributed by atoms with E-state index in [1.54, 1.807) is 42.5 Å². The molecule has 1 aromatic heterocycles. The molecule has 0 amide bonds. The van der Waals surface area contributed by atoms with Gasteiger partial charge in [0.25, 0.3) is 0 Å². The van der Waals surface area contributed by atoms with Gasteiger partial charge in [0.2, 0.25) is 0 Å². The smallest absolute Gasteiger partial charge is 0.135 e. The van der Waals surface area contributed by atoms with Crippen LogP contribution in [0.4, 0.5) is 23.0 Å². The number of nitrogens with zero attached hydrogens (tertiary/aromatic N) is 3. The summed E-state index contributed by atoms with van der Waals surface area (Å²) >= 11 is 12.0. The fraction of sp³-hybridized carbons (Fsp3) is 0. The summed E-state index contributed by atoms with van der Waals surface area (Å²) in [5.41, 5.74) is 2.03. The highest BCUT2D eigenvalue weighted by atomic mass is 35.5. The lowest BCUT2D eigenvalue weighted by atomic mass is 10.2. The second kappa shape index (κ2) is 7.18. The zero-order valence-electron chi connectivity index (χ0n) is 12.3. The molecule has 24 heavy (non-hydrogen) atoms. The van der Waals surface area contributed by atoms with Gasteiger partial charge in [-0.05, 0) is 36.4 Å². The van der Waals surface area contributed by atoms with Crippen molar-refractivity contribution in [2.45, 2.75) is 0 Å². The van der Waals surface area contributed by atoms with Crippen molar-refractivity contribution in [3.63, 3.8) is 0 Å². The van der Waals surface area contributed by atoms with Crippen LogP contribution in [0.25, 0.3) is 0 Å². The van der Waals surface area contributed by atoms with Crippen LogP contribution >= 0.6 is 23.2 Å². The fourth-order valence-corrected chi connectivity index (χ4v) is 2.49. The highest BCUT2D eigenvalue weighted by molar-refractivity contribution is 6.36. The van der Waals surface area contributed by atoms with E-state index in [0.717, 1.165) is 5.69 Å². The first kappa shape index (κ1) is 16.1. The Morgan fingerprint density at radius 2 is 1.71 bits per heavy atom. The van der Waals surface area contributed by atoms with Gasteiger partial charge < -0.3 is 10.6 Å². The molecule has 5 nitrogen and oxygen atoms in total. The van der Waals surface area contributed by atoms with Crippen LogP contribution in [0, 0.1) is 11.3 Å². The highest BCUT2D eigenvalue weighted by Gasteiger charge is 2.05. The van der Waals surface area contributed by atoms with Crippen molar-refractivity contribution in [3.8, 4) is 6.07 Å². The Morgan fingerprint density at radius 3 is 2.46 bits per heavy atom. The minimum Gasteiger partial charge on any atom is -0.340 e. The zero-order valence-corrected chi connectivity index (χ0v) is 13.8. The van der Waals surface area contributed by atoms with Crippen molar-refractivity contribution >= 4 is 46.2 Å². The summed E-state index contributed by atoms with van der Waals surface area (Å²) in [6.07, 6.45) is 1.43. The van der Waals surface area contributed by atoms with Crippen LogP contribution in [-0.4, -0.2) is 9.97 Å². The van der Waals surface area contributed by atoms with Crippen LogP contribution in [0.3, 0.4) is 0 Å². The van der Waals surface area contributed by atoms with Crippen LogP contribution in [0.5, 0.6) is 0 Å². The Bertz CT molecular complexity index is 921. The van der Waals surface area contributed by atoms with Crippen molar-refractivity contribution in [2.24, 2.45) is 0 Å². The average Bonchev–Trinajstić information content (AvgIpc) is 2.58. The molecule has 0 aliphatic rings. The fourth-order valence-electron chi connectivity index (χ4n) is 2.04. The van der Waals surface area contributed by atoms with Gasteiger partial charge in [-0.2, -0.15) is 5.26 Å². The second-order valence-corrected chi connectivity index (χ2v) is 5.70. The normalized spacial score (nSPS) is 10.0. The Labute approximate surface area is 148 Å². The van der Waals surface area contributed by atoms with E-state index < -0.39 is 0 Å². The van der Waals surface area contributed by atoms with Crippen molar-refractivity contribution in [1.29, 1.82) is 5.26 Å². The molecule has 1 heterocycles. The minimum atomic E-state index is 0.498. The van der Waals surface area contributed by atoms with E-state index >= 15 is 0 Å². The molecule has 0 bridgehead atoms. The van der Waals surface area contributed by atoms with Gasteiger partial charge in [0.05, 0.1) is 22.3 Å². The molecule has 7 heteroatoms. The molecule has 0 aliphatic heterocycles. The third kappa shape index (κ3) is 3.93. The molecular formula is C17H11Cl2N5. The third-order valence-electron chi connectivity index (χ3n) is 3.13. The highest BCUT2D eigenvalue weighted by Crippen LogP contribution is 2.28. The van der Waals surface area contributed by atoms with E-state index in [1.165, 1.54) is 6.33 Å². The Hall–Kier alpha value is -2.81. The van der Waals surface area contributed by atoms with E-state index in [-0.39, 0.29) is 0 Å². The molecule has 0 fully saturated rings. The summed E-state index contributed by atoms with van der Waals surface area (Å²) in [4.78, 5) is 8.34. The number of aromatic nitrogens is 2. The molecule has 0 saturated heterocycles. The van der Waals surface area contributed by atoms with E-state index in [2.05, 4.69) is 26.7 Å². The number of nitrogens with one attached hydrogen (secondary N) is 2. The Kier molecular flexibility index (Phi) is 4.80. The average molecular weight is 356 g/mol. The van der Waals surface area contributed by atoms with Gasteiger partial charge in [0.15, 0.2) is 0 Å². The maximum Gasteiger partial charge on any atom is 0.135 e. The standard InChI is InChI=1S/C17H11Cl2N5/c18-12-4-5-15(14(19)7-12)24-17-8-16(21-10-22-17)23-13-3-1-2-11(6-13)9-20/h1-8,10H,(H2,21,22,23,24). The molecule has 0 saturated carbocycles. The molecule has 0 radical (unpaired) electrons. The predicted octanol–water partition coefficient (Wildman–Crippen LogP) is 5.14. The minimum absolute atomic E-state index is 0.498. The first-order valence-corrected chi connectivity index (χ1v) is 7.71. The van der Waals surface area contributed by atoms with Crippen LogP contribution in [0.15, 0.2) is 54.9 Å². The Balaban J connectivity index is 1.80. The van der Waals surface area contributed by atoms with Gasteiger partial charge >= 0.3 is 0 Å². The molecule has 3 aromatic rings. The molecule has 0 atom stereocenters. The number of halogens is 2. The van der Waals surface area contributed by atoms with Gasteiger partial charge in [0, 0.05) is 16.8 Å². The zero-order chi connectivity index (χ0) is 16.9. The number of hydrogen-bond acceptors (Lipinski definition) is 5. The lowest BCUT2D eigenvalue weighted by Crippen LogP contribution is -1.99. The number of rotatable bonds is 4. The summed E-state index contributed by atoms with van der Waals surface area (Å²) in [5, 5.41) is 16.3. The van der Waals surface area contributed by atoms with E-state index in [1.807, 2.05) is 6.07 Å². The molecule has 0 unspecified atom stereocenters. The van der Waals surface area contributed by atoms with Gasteiger partial charge in [-0.1, -0.05) is 29.3 Å². The predicted molar refractivity (Wildman–Crippen MR) is 96.2 cm³/mol. The van der Waals surface area contributed by atoms with E-state index in [4.69, 9.17) is 28.5 Å². The van der Waals surface area contributed by atoms with Crippen LogP contribution in [-0.2, 0) is 0 Å². The largest absolute Gasteiger partial charge is 0.340 e. The molecule has 2 aromatic carbocycles. The first-order valence-electron chi connectivity index (χ1n) is 6.95. The summed E-state index contributed by atoms with van der Waals surface area (Å²) in [6, 6.07) is 16.1. The van der Waals surface area contributed by atoms with Crippen LogP contribution < -0.4 is 10.6 Å². The first-order chi connectivity index (χ1) is 11.6. The SMILES string of the molecule is N#Cc1cccc(Nc2cc(Nc3ccc(Cl)cc3Cl)ncn2)c1. The molecule has 0 spiro atoms.